The Morgan fingerprint density at radius 2 is 2.15 bits per heavy atom. The standard InChI is InChI=1S/C19H24ClN3O3/c1-19(12-24)7-2-8-23(19)18(25)13-5-9-22(10-6-13)17-15-11-14(20)3-4-16(15)26-21-17/h3-4,11,13,24H,2,5-10,12H2,1H3/t19-/m0/s1. The Hall–Kier alpha value is -1.79. The van der Waals surface area contributed by atoms with Crippen molar-refractivity contribution in [2.45, 2.75) is 38.1 Å². The van der Waals surface area contributed by atoms with Crippen molar-refractivity contribution >= 4 is 34.3 Å². The normalized spacial score (nSPS) is 24.6. The molecule has 0 spiro atoms. The van der Waals surface area contributed by atoms with Gasteiger partial charge in [-0.2, -0.15) is 0 Å². The zero-order chi connectivity index (χ0) is 18.3. The van der Waals surface area contributed by atoms with E-state index in [1.807, 2.05) is 24.0 Å². The smallest absolute Gasteiger partial charge is 0.226 e. The third kappa shape index (κ3) is 2.95. The fourth-order valence-electron chi connectivity index (χ4n) is 4.25. The Balaban J connectivity index is 1.45. The molecule has 3 heterocycles. The van der Waals surface area contributed by atoms with Crippen LogP contribution >= 0.6 is 11.6 Å². The number of halogens is 1. The minimum absolute atomic E-state index is 0.0111. The van der Waals surface area contributed by atoms with Crippen molar-refractivity contribution in [3.63, 3.8) is 0 Å². The number of carbonyl (C=O) groups excluding carboxylic acids is 1. The highest BCUT2D eigenvalue weighted by Gasteiger charge is 2.42. The zero-order valence-corrected chi connectivity index (χ0v) is 15.7. The number of anilines is 1. The number of rotatable bonds is 3. The lowest BCUT2D eigenvalue weighted by atomic mass is 9.92. The maximum atomic E-state index is 13.0. The van der Waals surface area contributed by atoms with E-state index >= 15 is 0 Å². The van der Waals surface area contributed by atoms with E-state index in [4.69, 9.17) is 16.1 Å². The van der Waals surface area contributed by atoms with Gasteiger partial charge in [-0.05, 0) is 50.8 Å². The molecule has 0 radical (unpaired) electrons. The van der Waals surface area contributed by atoms with Crippen LogP contribution in [0.25, 0.3) is 11.0 Å². The van der Waals surface area contributed by atoms with E-state index in [0.717, 1.165) is 62.1 Å². The largest absolute Gasteiger partial charge is 0.394 e. The average molecular weight is 378 g/mol. The average Bonchev–Trinajstić information content (AvgIpc) is 3.25. The second-order valence-corrected chi connectivity index (χ2v) is 8.09. The first-order chi connectivity index (χ1) is 12.5. The second-order valence-electron chi connectivity index (χ2n) is 7.66. The molecule has 0 aliphatic carbocycles. The van der Waals surface area contributed by atoms with Crippen molar-refractivity contribution in [3.8, 4) is 0 Å². The van der Waals surface area contributed by atoms with E-state index in [1.165, 1.54) is 0 Å². The molecule has 7 heteroatoms. The number of carbonyl (C=O) groups is 1. The maximum absolute atomic E-state index is 13.0. The molecule has 1 atom stereocenters. The molecule has 6 nitrogen and oxygen atoms in total. The van der Waals surface area contributed by atoms with Crippen LogP contribution in [0.2, 0.25) is 5.02 Å². The molecule has 1 amide bonds. The molecular formula is C19H24ClN3O3. The summed E-state index contributed by atoms with van der Waals surface area (Å²) in [5, 5.41) is 15.5. The lowest BCUT2D eigenvalue weighted by molar-refractivity contribution is -0.141. The van der Waals surface area contributed by atoms with Gasteiger partial charge in [0.1, 0.15) is 0 Å². The number of amides is 1. The molecule has 1 N–H and O–H groups in total. The van der Waals surface area contributed by atoms with Crippen molar-refractivity contribution in [1.29, 1.82) is 0 Å². The van der Waals surface area contributed by atoms with Crippen LogP contribution in [-0.4, -0.2) is 52.9 Å². The maximum Gasteiger partial charge on any atom is 0.226 e. The highest BCUT2D eigenvalue weighted by Crippen LogP contribution is 2.34. The number of aliphatic hydroxyl groups is 1. The highest BCUT2D eigenvalue weighted by atomic mass is 35.5. The van der Waals surface area contributed by atoms with Gasteiger partial charge in [0, 0.05) is 30.6 Å². The Labute approximate surface area is 157 Å². The monoisotopic (exact) mass is 377 g/mol. The first kappa shape index (κ1) is 17.6. The second kappa shape index (κ2) is 6.74. The SMILES string of the molecule is C[C@@]1(CO)CCCN1C(=O)C1CCN(c2noc3ccc(Cl)cc23)CC1. The first-order valence-electron chi connectivity index (χ1n) is 9.24. The number of aliphatic hydroxyl groups excluding tert-OH is 1. The third-order valence-electron chi connectivity index (χ3n) is 5.91. The molecule has 1 aromatic heterocycles. The van der Waals surface area contributed by atoms with Crippen LogP contribution in [0.5, 0.6) is 0 Å². The van der Waals surface area contributed by atoms with Gasteiger partial charge in [0.25, 0.3) is 0 Å². The third-order valence-corrected chi connectivity index (χ3v) is 6.15. The summed E-state index contributed by atoms with van der Waals surface area (Å²) in [5.41, 5.74) is 0.325. The van der Waals surface area contributed by atoms with Crippen molar-refractivity contribution in [1.82, 2.24) is 10.1 Å². The van der Waals surface area contributed by atoms with Crippen LogP contribution < -0.4 is 4.90 Å². The number of fused-ring (bicyclic) bond motifs is 1. The minimum atomic E-state index is -0.396. The summed E-state index contributed by atoms with van der Waals surface area (Å²) in [6.45, 7) is 4.28. The molecule has 2 aliphatic heterocycles. The van der Waals surface area contributed by atoms with Crippen LogP contribution in [0.15, 0.2) is 22.7 Å². The van der Waals surface area contributed by atoms with Gasteiger partial charge < -0.3 is 19.4 Å². The van der Waals surface area contributed by atoms with Gasteiger partial charge in [-0.25, -0.2) is 0 Å². The fraction of sp³-hybridized carbons (Fsp3) is 0.579. The van der Waals surface area contributed by atoms with Crippen LogP contribution in [0.1, 0.15) is 32.6 Å². The Morgan fingerprint density at radius 1 is 1.38 bits per heavy atom. The van der Waals surface area contributed by atoms with Gasteiger partial charge in [0.15, 0.2) is 11.4 Å². The molecule has 2 aliphatic rings. The topological polar surface area (TPSA) is 69.8 Å². The minimum Gasteiger partial charge on any atom is -0.394 e. The van der Waals surface area contributed by atoms with Crippen molar-refractivity contribution < 1.29 is 14.4 Å². The van der Waals surface area contributed by atoms with E-state index in [1.54, 1.807) is 6.07 Å². The molecule has 26 heavy (non-hydrogen) atoms. The predicted octanol–water partition coefficient (Wildman–Crippen LogP) is 3.07. The van der Waals surface area contributed by atoms with E-state index < -0.39 is 5.54 Å². The molecule has 0 saturated carbocycles. The van der Waals surface area contributed by atoms with E-state index in [2.05, 4.69) is 10.1 Å². The summed E-state index contributed by atoms with van der Waals surface area (Å²) in [6.07, 6.45) is 3.41. The van der Waals surface area contributed by atoms with Crippen LogP contribution in [0, 0.1) is 5.92 Å². The van der Waals surface area contributed by atoms with Gasteiger partial charge in [0.2, 0.25) is 5.91 Å². The molecule has 2 saturated heterocycles. The first-order valence-corrected chi connectivity index (χ1v) is 9.62. The summed E-state index contributed by atoms with van der Waals surface area (Å²) in [5.74, 6) is 0.999. The number of piperidine rings is 1. The molecular weight excluding hydrogens is 354 g/mol. The molecule has 4 rings (SSSR count). The molecule has 140 valence electrons. The fourth-order valence-corrected chi connectivity index (χ4v) is 4.42. The summed E-state index contributed by atoms with van der Waals surface area (Å²) < 4.78 is 5.40. The number of hydrogen-bond donors (Lipinski definition) is 1. The summed E-state index contributed by atoms with van der Waals surface area (Å²) >= 11 is 6.11. The van der Waals surface area contributed by atoms with E-state index in [0.29, 0.717) is 5.02 Å². The van der Waals surface area contributed by atoms with Gasteiger partial charge in [-0.15, -0.1) is 0 Å². The van der Waals surface area contributed by atoms with E-state index in [-0.39, 0.29) is 18.4 Å². The molecule has 2 aromatic rings. The van der Waals surface area contributed by atoms with Gasteiger partial charge in [0.05, 0.1) is 17.5 Å². The van der Waals surface area contributed by atoms with Crippen molar-refractivity contribution in [2.24, 2.45) is 5.92 Å². The van der Waals surface area contributed by atoms with Crippen LogP contribution in [0.4, 0.5) is 5.82 Å². The quantitative estimate of drug-likeness (QED) is 0.890. The van der Waals surface area contributed by atoms with Crippen LogP contribution in [0.3, 0.4) is 0 Å². The summed E-state index contributed by atoms with van der Waals surface area (Å²) in [7, 11) is 0. The summed E-state index contributed by atoms with van der Waals surface area (Å²) in [6, 6.07) is 5.49. The Morgan fingerprint density at radius 3 is 2.88 bits per heavy atom. The number of aromatic nitrogens is 1. The van der Waals surface area contributed by atoms with Gasteiger partial charge in [-0.3, -0.25) is 4.79 Å². The number of nitrogens with zero attached hydrogens (tertiary/aromatic N) is 3. The molecule has 0 unspecified atom stereocenters. The van der Waals surface area contributed by atoms with Crippen molar-refractivity contribution in [2.75, 3.05) is 31.1 Å². The summed E-state index contributed by atoms with van der Waals surface area (Å²) in [4.78, 5) is 17.0. The van der Waals surface area contributed by atoms with Crippen LogP contribution in [-0.2, 0) is 4.79 Å². The van der Waals surface area contributed by atoms with Gasteiger partial charge >= 0.3 is 0 Å². The lowest BCUT2D eigenvalue weighted by Crippen LogP contribution is -2.51. The Kier molecular flexibility index (Phi) is 4.57. The Bertz CT molecular complexity index is 815. The molecule has 2 fully saturated rings. The number of benzene rings is 1. The predicted molar refractivity (Wildman–Crippen MR) is 100 cm³/mol. The van der Waals surface area contributed by atoms with Gasteiger partial charge in [-0.1, -0.05) is 16.8 Å². The number of hydrogen-bond acceptors (Lipinski definition) is 5. The molecule has 1 aromatic carbocycles. The van der Waals surface area contributed by atoms with Crippen molar-refractivity contribution in [3.05, 3.63) is 23.2 Å². The lowest BCUT2D eigenvalue weighted by Gasteiger charge is -2.38. The zero-order valence-electron chi connectivity index (χ0n) is 14.9. The highest BCUT2D eigenvalue weighted by molar-refractivity contribution is 6.31. The number of likely N-dealkylation sites (tertiary alicyclic amines) is 1. The molecule has 0 bridgehead atoms. The van der Waals surface area contributed by atoms with E-state index in [9.17, 15) is 9.90 Å².